The van der Waals surface area contributed by atoms with Crippen molar-refractivity contribution in [1.82, 2.24) is 24.2 Å². The lowest BCUT2D eigenvalue weighted by molar-refractivity contribution is 0.293. The number of rotatable bonds is 5. The lowest BCUT2D eigenvalue weighted by Gasteiger charge is -2.26. The maximum atomic E-state index is 12.7. The van der Waals surface area contributed by atoms with Crippen LogP contribution in [-0.2, 0) is 20.1 Å². The first-order valence-corrected chi connectivity index (χ1v) is 9.97. The standard InChI is InChI=1S/C23H25N5O2/c1-4-5-12-28-21-20(15-24-26(2)23(21)29)25-22(28)18-10-13-27(14-11-18)16-17-6-8-19(30-3)9-7-17/h6-10,15H,11-14,16H2,1-3H3. The molecule has 0 spiro atoms. The number of ether oxygens (including phenoxy) is 1. The summed E-state index contributed by atoms with van der Waals surface area (Å²) in [5, 5.41) is 4.11. The van der Waals surface area contributed by atoms with E-state index >= 15 is 0 Å². The molecule has 0 amide bonds. The minimum absolute atomic E-state index is 0.151. The van der Waals surface area contributed by atoms with E-state index in [4.69, 9.17) is 9.72 Å². The number of imidazole rings is 1. The average Bonchev–Trinajstić information content (AvgIpc) is 3.15. The Hall–Kier alpha value is -3.37. The van der Waals surface area contributed by atoms with Crippen LogP contribution in [0, 0.1) is 11.8 Å². The molecule has 1 aromatic carbocycles. The first-order valence-electron chi connectivity index (χ1n) is 9.97. The largest absolute Gasteiger partial charge is 0.497 e. The molecule has 2 aromatic heterocycles. The quantitative estimate of drug-likeness (QED) is 0.613. The molecule has 154 valence electrons. The fourth-order valence-electron chi connectivity index (χ4n) is 3.74. The van der Waals surface area contributed by atoms with Crippen molar-refractivity contribution in [3.8, 4) is 17.6 Å². The molecule has 1 aliphatic heterocycles. The summed E-state index contributed by atoms with van der Waals surface area (Å²) in [6.45, 7) is 4.89. The Morgan fingerprint density at radius 3 is 2.70 bits per heavy atom. The van der Waals surface area contributed by atoms with Gasteiger partial charge < -0.3 is 9.30 Å². The van der Waals surface area contributed by atoms with Crippen LogP contribution in [0.5, 0.6) is 5.75 Å². The molecule has 7 heteroatoms. The Labute approximate surface area is 175 Å². The highest BCUT2D eigenvalue weighted by molar-refractivity contribution is 5.78. The van der Waals surface area contributed by atoms with E-state index in [0.29, 0.717) is 17.6 Å². The average molecular weight is 403 g/mol. The fourth-order valence-corrected chi connectivity index (χ4v) is 3.74. The third kappa shape index (κ3) is 3.87. The molecular weight excluding hydrogens is 378 g/mol. The van der Waals surface area contributed by atoms with Gasteiger partial charge in [0.1, 0.15) is 22.6 Å². The number of fused-ring (bicyclic) bond motifs is 1. The van der Waals surface area contributed by atoms with E-state index in [1.54, 1.807) is 27.3 Å². The van der Waals surface area contributed by atoms with Gasteiger partial charge in [-0.05, 0) is 36.6 Å². The van der Waals surface area contributed by atoms with Gasteiger partial charge in [-0.15, -0.1) is 5.92 Å². The summed E-state index contributed by atoms with van der Waals surface area (Å²) in [5.74, 6) is 7.68. The normalized spacial score (nSPS) is 14.3. The Bertz CT molecular complexity index is 1210. The molecule has 3 aromatic rings. The minimum atomic E-state index is -0.151. The molecule has 30 heavy (non-hydrogen) atoms. The summed E-state index contributed by atoms with van der Waals surface area (Å²) < 4.78 is 8.51. The Morgan fingerprint density at radius 2 is 2.03 bits per heavy atom. The van der Waals surface area contributed by atoms with Crippen LogP contribution in [0.15, 0.2) is 41.3 Å². The van der Waals surface area contributed by atoms with Gasteiger partial charge in [-0.3, -0.25) is 9.69 Å². The van der Waals surface area contributed by atoms with Crippen molar-refractivity contribution in [3.05, 3.63) is 58.3 Å². The van der Waals surface area contributed by atoms with Crippen molar-refractivity contribution < 1.29 is 4.74 Å². The fraction of sp³-hybridized carbons (Fsp3) is 0.348. The first-order chi connectivity index (χ1) is 14.6. The van der Waals surface area contributed by atoms with Gasteiger partial charge in [-0.1, -0.05) is 24.1 Å². The number of hydrogen-bond donors (Lipinski definition) is 0. The molecule has 1 aliphatic rings. The van der Waals surface area contributed by atoms with Crippen LogP contribution in [-0.4, -0.2) is 44.4 Å². The molecule has 0 bridgehead atoms. The molecule has 0 aliphatic carbocycles. The smallest absolute Gasteiger partial charge is 0.292 e. The first kappa shape index (κ1) is 19.9. The second kappa shape index (κ2) is 8.56. The minimum Gasteiger partial charge on any atom is -0.497 e. The van der Waals surface area contributed by atoms with Gasteiger partial charge in [-0.2, -0.15) is 5.10 Å². The third-order valence-corrected chi connectivity index (χ3v) is 5.40. The van der Waals surface area contributed by atoms with E-state index in [0.717, 1.165) is 43.2 Å². The number of benzene rings is 1. The van der Waals surface area contributed by atoms with Crippen LogP contribution in [0.3, 0.4) is 0 Å². The van der Waals surface area contributed by atoms with Gasteiger partial charge in [-0.25, -0.2) is 9.67 Å². The van der Waals surface area contributed by atoms with Gasteiger partial charge >= 0.3 is 0 Å². The van der Waals surface area contributed by atoms with Crippen LogP contribution in [0.4, 0.5) is 0 Å². The second-order valence-electron chi connectivity index (χ2n) is 7.32. The number of hydrogen-bond acceptors (Lipinski definition) is 5. The number of aromatic nitrogens is 4. The van der Waals surface area contributed by atoms with Crippen molar-refractivity contribution in [2.45, 2.75) is 26.4 Å². The maximum Gasteiger partial charge on any atom is 0.292 e. The van der Waals surface area contributed by atoms with E-state index < -0.39 is 0 Å². The van der Waals surface area contributed by atoms with E-state index in [9.17, 15) is 4.79 Å². The van der Waals surface area contributed by atoms with Crippen molar-refractivity contribution in [2.75, 3.05) is 20.2 Å². The van der Waals surface area contributed by atoms with Crippen molar-refractivity contribution in [1.29, 1.82) is 0 Å². The molecule has 0 atom stereocenters. The molecule has 4 rings (SSSR count). The predicted octanol–water partition coefficient (Wildman–Crippen LogP) is 2.45. The molecule has 0 unspecified atom stereocenters. The zero-order valence-corrected chi connectivity index (χ0v) is 17.6. The summed E-state index contributed by atoms with van der Waals surface area (Å²) >= 11 is 0. The maximum absolute atomic E-state index is 12.7. The van der Waals surface area contributed by atoms with E-state index in [2.05, 4.69) is 40.0 Å². The summed E-state index contributed by atoms with van der Waals surface area (Å²) in [6.07, 6.45) is 4.73. The predicted molar refractivity (Wildman–Crippen MR) is 117 cm³/mol. The molecule has 0 saturated carbocycles. The topological polar surface area (TPSA) is 65.2 Å². The summed E-state index contributed by atoms with van der Waals surface area (Å²) in [6, 6.07) is 8.19. The molecule has 3 heterocycles. The molecule has 0 N–H and O–H groups in total. The summed E-state index contributed by atoms with van der Waals surface area (Å²) in [5.41, 5.74) is 3.44. The van der Waals surface area contributed by atoms with E-state index in [-0.39, 0.29) is 5.56 Å². The van der Waals surface area contributed by atoms with Crippen LogP contribution in [0.1, 0.15) is 24.7 Å². The Morgan fingerprint density at radius 1 is 1.23 bits per heavy atom. The molecule has 0 fully saturated rings. The van der Waals surface area contributed by atoms with Crippen LogP contribution in [0.2, 0.25) is 0 Å². The lowest BCUT2D eigenvalue weighted by atomic mass is 10.1. The SMILES string of the molecule is CC#CCn1c(C2=CCN(Cc3ccc(OC)cc3)CC2)nc2cnn(C)c(=O)c21. The van der Waals surface area contributed by atoms with Gasteiger partial charge in [0.2, 0.25) is 0 Å². The highest BCUT2D eigenvalue weighted by Crippen LogP contribution is 2.25. The summed E-state index contributed by atoms with van der Waals surface area (Å²) in [7, 11) is 3.33. The van der Waals surface area contributed by atoms with Gasteiger partial charge in [0.05, 0.1) is 19.9 Å². The lowest BCUT2D eigenvalue weighted by Crippen LogP contribution is -2.28. The van der Waals surface area contributed by atoms with Crippen LogP contribution < -0.4 is 10.3 Å². The van der Waals surface area contributed by atoms with Crippen molar-refractivity contribution >= 4 is 16.6 Å². The number of nitrogens with zero attached hydrogens (tertiary/aromatic N) is 5. The number of aryl methyl sites for hydroxylation is 1. The Balaban J connectivity index is 1.60. The highest BCUT2D eigenvalue weighted by Gasteiger charge is 2.21. The van der Waals surface area contributed by atoms with E-state index in [1.807, 2.05) is 16.7 Å². The summed E-state index contributed by atoms with van der Waals surface area (Å²) in [4.78, 5) is 19.8. The van der Waals surface area contributed by atoms with E-state index in [1.165, 1.54) is 10.2 Å². The molecule has 0 radical (unpaired) electrons. The zero-order valence-electron chi connectivity index (χ0n) is 17.6. The van der Waals surface area contributed by atoms with Gasteiger partial charge in [0.15, 0.2) is 0 Å². The highest BCUT2D eigenvalue weighted by atomic mass is 16.5. The molecule has 0 saturated heterocycles. The van der Waals surface area contributed by atoms with Crippen LogP contribution >= 0.6 is 0 Å². The number of methoxy groups -OCH3 is 1. The third-order valence-electron chi connectivity index (χ3n) is 5.40. The second-order valence-corrected chi connectivity index (χ2v) is 7.32. The molecular formula is C23H25N5O2. The molecule has 7 nitrogen and oxygen atoms in total. The Kier molecular flexibility index (Phi) is 5.68. The van der Waals surface area contributed by atoms with Crippen LogP contribution in [0.25, 0.3) is 16.6 Å². The monoisotopic (exact) mass is 403 g/mol. The van der Waals surface area contributed by atoms with Gasteiger partial charge in [0, 0.05) is 26.7 Å². The van der Waals surface area contributed by atoms with Crippen molar-refractivity contribution in [2.24, 2.45) is 7.05 Å². The van der Waals surface area contributed by atoms with Crippen molar-refractivity contribution in [3.63, 3.8) is 0 Å². The zero-order chi connectivity index (χ0) is 21.1. The van der Waals surface area contributed by atoms with Gasteiger partial charge in [0.25, 0.3) is 5.56 Å².